The molecule has 2 aliphatic rings. The number of anilines is 1. The first-order valence-electron chi connectivity index (χ1n) is 12.8. The quantitative estimate of drug-likeness (QED) is 0.337. The van der Waals surface area contributed by atoms with E-state index < -0.39 is 22.4 Å². The summed E-state index contributed by atoms with van der Waals surface area (Å²) in [6.07, 6.45) is -0.964. The highest BCUT2D eigenvalue weighted by Crippen LogP contribution is 2.38. The predicted molar refractivity (Wildman–Crippen MR) is 142 cm³/mol. The van der Waals surface area contributed by atoms with E-state index in [1.807, 2.05) is 4.90 Å². The van der Waals surface area contributed by atoms with E-state index in [2.05, 4.69) is 41.4 Å². The number of halogens is 3. The highest BCUT2D eigenvalue weighted by atomic mass is 19.4. The summed E-state index contributed by atoms with van der Waals surface area (Å²) in [5.41, 5.74) is 0.621. The minimum atomic E-state index is -4.81. The number of amides is 1. The second-order valence-corrected chi connectivity index (χ2v) is 10.1. The van der Waals surface area contributed by atoms with Gasteiger partial charge in [-0.05, 0) is 69.3 Å². The number of benzene rings is 2. The number of rotatable bonds is 7. The van der Waals surface area contributed by atoms with Gasteiger partial charge in [0.1, 0.15) is 5.56 Å². The number of nitro benzene ring substituents is 1. The molecule has 0 radical (unpaired) electrons. The molecule has 10 heteroatoms. The fraction of sp³-hybridized carbons (Fsp3) is 0.536. The summed E-state index contributed by atoms with van der Waals surface area (Å²) in [5, 5.41) is 14.0. The molecule has 2 saturated heterocycles. The first-order valence-corrected chi connectivity index (χ1v) is 12.8. The first-order chi connectivity index (χ1) is 17.6. The number of hydrogen-bond acceptors (Lipinski definition) is 5. The van der Waals surface area contributed by atoms with E-state index in [1.165, 1.54) is 17.2 Å². The predicted octanol–water partition coefficient (Wildman–Crippen LogP) is 6.23. The summed E-state index contributed by atoms with van der Waals surface area (Å²) in [6.45, 7) is 5.85. The van der Waals surface area contributed by atoms with E-state index >= 15 is 0 Å². The maximum Gasteiger partial charge on any atom is 0.423 e. The van der Waals surface area contributed by atoms with Gasteiger partial charge in [-0.3, -0.25) is 14.9 Å². The number of hydrogen-bond donors (Lipinski definition) is 1. The lowest BCUT2D eigenvalue weighted by Gasteiger charge is -2.35. The normalized spacial score (nSPS) is 17.6. The molecule has 0 saturated carbocycles. The summed E-state index contributed by atoms with van der Waals surface area (Å²) >= 11 is 0. The van der Waals surface area contributed by atoms with Crippen LogP contribution in [-0.2, 0) is 11.0 Å². The van der Waals surface area contributed by atoms with Gasteiger partial charge in [-0.15, -0.1) is 0 Å². The van der Waals surface area contributed by atoms with Crippen LogP contribution in [0.1, 0.15) is 62.1 Å². The van der Waals surface area contributed by atoms with E-state index in [-0.39, 0.29) is 25.1 Å². The number of alkyl halides is 3. The summed E-state index contributed by atoms with van der Waals surface area (Å²) in [5.74, 6) is 0.677. The zero-order chi connectivity index (χ0) is 26.6. The van der Waals surface area contributed by atoms with E-state index in [1.54, 1.807) is 0 Å². The zero-order valence-corrected chi connectivity index (χ0v) is 21.0. The largest absolute Gasteiger partial charge is 0.423 e. The minimum Gasteiger partial charge on any atom is -0.382 e. The van der Waals surface area contributed by atoms with Gasteiger partial charge in [-0.2, -0.15) is 13.2 Å². The lowest BCUT2D eigenvalue weighted by Crippen LogP contribution is -2.43. The highest BCUT2D eigenvalue weighted by molar-refractivity contribution is 5.76. The zero-order valence-electron chi connectivity index (χ0n) is 21.0. The standard InChI is InChI=1S/C27H33F3N4O3.CH4/c1-19-2-4-20(5-3-19)21-8-13-32(14-9-21)15-12-26(35)33-16-10-22(11-17-33)31-23-6-7-25(34(36)37)24(18-23)27(28,29)30;/h2-7,18,21-22,31H,8-17H2,1H3;1H4. The molecule has 2 aromatic carbocycles. The second kappa shape index (κ2) is 12.6. The van der Waals surface area contributed by atoms with Crippen LogP contribution in [0, 0.1) is 17.0 Å². The molecule has 2 fully saturated rings. The van der Waals surface area contributed by atoms with Crippen molar-refractivity contribution >= 4 is 17.3 Å². The Morgan fingerprint density at radius 1 is 1.03 bits per heavy atom. The fourth-order valence-corrected chi connectivity index (χ4v) is 5.26. The van der Waals surface area contributed by atoms with Crippen LogP contribution < -0.4 is 5.32 Å². The Kier molecular flexibility index (Phi) is 9.76. The first kappa shape index (κ1) is 29.4. The van der Waals surface area contributed by atoms with Crippen LogP contribution in [0.25, 0.3) is 0 Å². The Bertz CT molecular complexity index is 1090. The Balaban J connectivity index is 0.00000400. The third kappa shape index (κ3) is 7.46. The second-order valence-electron chi connectivity index (χ2n) is 10.1. The number of nitrogens with one attached hydrogen (secondary N) is 1. The molecule has 38 heavy (non-hydrogen) atoms. The van der Waals surface area contributed by atoms with Crippen LogP contribution in [0.2, 0.25) is 0 Å². The van der Waals surface area contributed by atoms with Crippen molar-refractivity contribution in [3.63, 3.8) is 0 Å². The molecule has 0 atom stereocenters. The van der Waals surface area contributed by atoms with Gasteiger partial charge < -0.3 is 15.1 Å². The van der Waals surface area contributed by atoms with E-state index in [4.69, 9.17) is 0 Å². The average molecular weight is 535 g/mol. The van der Waals surface area contributed by atoms with Gasteiger partial charge in [0.05, 0.1) is 4.92 Å². The Morgan fingerprint density at radius 2 is 1.66 bits per heavy atom. The van der Waals surface area contributed by atoms with Gasteiger partial charge in [0.25, 0.3) is 5.69 Å². The average Bonchev–Trinajstić information content (AvgIpc) is 2.88. The summed E-state index contributed by atoms with van der Waals surface area (Å²) in [4.78, 5) is 26.9. The van der Waals surface area contributed by atoms with Crippen LogP contribution in [0.4, 0.5) is 24.5 Å². The summed E-state index contributed by atoms with van der Waals surface area (Å²) in [7, 11) is 0. The lowest BCUT2D eigenvalue weighted by molar-refractivity contribution is -0.388. The SMILES string of the molecule is C.Cc1ccc(C2CCN(CCC(=O)N3CCC(Nc4ccc([N+](=O)[O-])c(C(F)(F)F)c4)CC3)CC2)cc1. The molecule has 0 aromatic heterocycles. The third-order valence-electron chi connectivity index (χ3n) is 7.50. The van der Waals surface area contributed by atoms with Crippen molar-refractivity contribution in [3.05, 3.63) is 69.3 Å². The molecule has 0 spiro atoms. The van der Waals surface area contributed by atoms with Gasteiger partial charge in [-0.1, -0.05) is 37.3 Å². The highest BCUT2D eigenvalue weighted by Gasteiger charge is 2.38. The van der Waals surface area contributed by atoms with Crippen molar-refractivity contribution in [1.82, 2.24) is 9.80 Å². The number of piperidine rings is 2. The summed E-state index contributed by atoms with van der Waals surface area (Å²) < 4.78 is 39.7. The topological polar surface area (TPSA) is 78.7 Å². The number of carbonyl (C=O) groups excluding carboxylic acids is 1. The molecule has 0 bridgehead atoms. The van der Waals surface area contributed by atoms with Gasteiger partial charge in [0.15, 0.2) is 0 Å². The van der Waals surface area contributed by atoms with E-state index in [0.29, 0.717) is 38.3 Å². The Hall–Kier alpha value is -3.14. The molecule has 208 valence electrons. The summed E-state index contributed by atoms with van der Waals surface area (Å²) in [6, 6.07) is 11.6. The Morgan fingerprint density at radius 3 is 2.24 bits per heavy atom. The molecule has 1 amide bonds. The molecule has 2 heterocycles. The third-order valence-corrected chi connectivity index (χ3v) is 7.50. The maximum absolute atomic E-state index is 13.2. The Labute approximate surface area is 222 Å². The molecule has 7 nitrogen and oxygen atoms in total. The monoisotopic (exact) mass is 534 g/mol. The van der Waals surface area contributed by atoms with Crippen molar-refractivity contribution in [1.29, 1.82) is 0 Å². The minimum absolute atomic E-state index is 0. The van der Waals surface area contributed by atoms with Crippen molar-refractivity contribution in [2.45, 2.75) is 64.6 Å². The van der Waals surface area contributed by atoms with Gasteiger partial charge in [0, 0.05) is 43.9 Å². The van der Waals surface area contributed by atoms with Crippen LogP contribution in [-0.4, -0.2) is 59.4 Å². The van der Waals surface area contributed by atoms with Crippen LogP contribution >= 0.6 is 0 Å². The van der Waals surface area contributed by atoms with Gasteiger partial charge >= 0.3 is 6.18 Å². The number of nitrogens with zero attached hydrogens (tertiary/aromatic N) is 3. The molecule has 0 unspecified atom stereocenters. The van der Waals surface area contributed by atoms with Crippen LogP contribution in [0.3, 0.4) is 0 Å². The molecular formula is C28H37F3N4O3. The molecule has 2 aliphatic heterocycles. The van der Waals surface area contributed by atoms with E-state index in [0.717, 1.165) is 44.6 Å². The number of nitro groups is 1. The van der Waals surface area contributed by atoms with Crippen LogP contribution in [0.15, 0.2) is 42.5 Å². The fourth-order valence-electron chi connectivity index (χ4n) is 5.26. The van der Waals surface area contributed by atoms with Crippen molar-refractivity contribution in [2.24, 2.45) is 0 Å². The van der Waals surface area contributed by atoms with Crippen molar-refractivity contribution < 1.29 is 22.9 Å². The number of aryl methyl sites for hydroxylation is 1. The number of likely N-dealkylation sites (tertiary alicyclic amines) is 2. The van der Waals surface area contributed by atoms with Crippen molar-refractivity contribution in [2.75, 3.05) is 38.0 Å². The maximum atomic E-state index is 13.2. The van der Waals surface area contributed by atoms with Gasteiger partial charge in [0.2, 0.25) is 5.91 Å². The molecular weight excluding hydrogens is 497 g/mol. The van der Waals surface area contributed by atoms with Crippen LogP contribution in [0.5, 0.6) is 0 Å². The smallest absolute Gasteiger partial charge is 0.382 e. The van der Waals surface area contributed by atoms with Crippen molar-refractivity contribution in [3.8, 4) is 0 Å². The molecule has 4 rings (SSSR count). The molecule has 0 aliphatic carbocycles. The lowest BCUT2D eigenvalue weighted by atomic mass is 9.89. The van der Waals surface area contributed by atoms with E-state index in [9.17, 15) is 28.1 Å². The number of carbonyl (C=O) groups is 1. The molecule has 2 aromatic rings. The van der Waals surface area contributed by atoms with Gasteiger partial charge in [-0.25, -0.2) is 0 Å². The molecule has 1 N–H and O–H groups in total.